The Labute approximate surface area is 168 Å². The van der Waals surface area contributed by atoms with Gasteiger partial charge in [-0.1, -0.05) is 0 Å². The van der Waals surface area contributed by atoms with E-state index in [1.54, 1.807) is 31.1 Å². The van der Waals surface area contributed by atoms with E-state index in [1.165, 1.54) is 6.07 Å². The van der Waals surface area contributed by atoms with E-state index in [2.05, 4.69) is 25.9 Å². The van der Waals surface area contributed by atoms with Crippen LogP contribution in [0.3, 0.4) is 0 Å². The van der Waals surface area contributed by atoms with Crippen LogP contribution in [0.1, 0.15) is 30.7 Å². The van der Waals surface area contributed by atoms with E-state index in [1.807, 2.05) is 0 Å². The monoisotopic (exact) mass is 394 g/mol. The minimum atomic E-state index is -1.07. The lowest BCUT2D eigenvalue weighted by Gasteiger charge is -2.49. The van der Waals surface area contributed by atoms with Crippen molar-refractivity contribution in [2.45, 2.75) is 37.1 Å². The van der Waals surface area contributed by atoms with Crippen molar-refractivity contribution in [1.29, 1.82) is 5.26 Å². The third kappa shape index (κ3) is 2.99. The maximum absolute atomic E-state index is 11.3. The minimum absolute atomic E-state index is 0.00944. The van der Waals surface area contributed by atoms with Gasteiger partial charge in [-0.3, -0.25) is 10.1 Å². The van der Waals surface area contributed by atoms with Gasteiger partial charge in [-0.15, -0.1) is 0 Å². The predicted octanol–water partition coefficient (Wildman–Crippen LogP) is 1.80. The van der Waals surface area contributed by atoms with Crippen LogP contribution in [0.4, 0.5) is 23.3 Å². The van der Waals surface area contributed by atoms with Crippen LogP contribution >= 0.6 is 0 Å². The number of nitrogen functional groups attached to an aromatic ring is 1. The Balaban J connectivity index is 1.92. The standard InChI is InChI=1S/C19H22N8O2/c1-25(2)18-23-16(22-17(21)24-18)19(11-20)10-12-9-13(27(28)29)6-7-14(12)26-8-4-3-5-15(19)26/h6-7,9,15H,3-5,8,10H2,1-2H3,(H2,21,22,23,24)/t15-,19-/m1/s1. The van der Waals surface area contributed by atoms with Crippen LogP contribution in [0.5, 0.6) is 0 Å². The molecule has 0 saturated carbocycles. The molecule has 29 heavy (non-hydrogen) atoms. The summed E-state index contributed by atoms with van der Waals surface area (Å²) in [6, 6.07) is 7.22. The molecule has 2 aliphatic heterocycles. The normalized spacial score (nSPS) is 22.9. The quantitative estimate of drug-likeness (QED) is 0.610. The smallest absolute Gasteiger partial charge is 0.269 e. The van der Waals surface area contributed by atoms with Gasteiger partial charge in [-0.2, -0.15) is 20.2 Å². The van der Waals surface area contributed by atoms with Gasteiger partial charge < -0.3 is 15.5 Å². The number of aromatic nitrogens is 3. The summed E-state index contributed by atoms with van der Waals surface area (Å²) < 4.78 is 0. The van der Waals surface area contributed by atoms with Crippen molar-refractivity contribution in [1.82, 2.24) is 15.0 Å². The second-order valence-electron chi connectivity index (χ2n) is 7.75. The van der Waals surface area contributed by atoms with E-state index < -0.39 is 10.3 Å². The Hall–Kier alpha value is -3.48. The molecule has 10 nitrogen and oxygen atoms in total. The van der Waals surface area contributed by atoms with Crippen LogP contribution in [-0.2, 0) is 11.8 Å². The lowest BCUT2D eigenvalue weighted by atomic mass is 9.68. The van der Waals surface area contributed by atoms with Crippen LogP contribution < -0.4 is 15.5 Å². The van der Waals surface area contributed by atoms with E-state index in [4.69, 9.17) is 5.73 Å². The minimum Gasteiger partial charge on any atom is -0.368 e. The molecule has 3 heterocycles. The average Bonchev–Trinajstić information content (AvgIpc) is 2.72. The van der Waals surface area contributed by atoms with E-state index in [0.29, 0.717) is 11.8 Å². The number of nitriles is 1. The average molecular weight is 394 g/mol. The highest BCUT2D eigenvalue weighted by molar-refractivity contribution is 5.64. The number of hydrogen-bond donors (Lipinski definition) is 1. The molecule has 4 rings (SSSR count). The molecule has 0 bridgehead atoms. The number of benzene rings is 1. The zero-order valence-electron chi connectivity index (χ0n) is 16.4. The molecular formula is C19H22N8O2. The van der Waals surface area contributed by atoms with Gasteiger partial charge >= 0.3 is 0 Å². The van der Waals surface area contributed by atoms with Crippen molar-refractivity contribution in [3.05, 3.63) is 39.7 Å². The van der Waals surface area contributed by atoms with E-state index in [-0.39, 0.29) is 24.1 Å². The molecule has 1 fully saturated rings. The third-order valence-corrected chi connectivity index (χ3v) is 5.76. The molecule has 150 valence electrons. The zero-order chi connectivity index (χ0) is 20.8. The van der Waals surface area contributed by atoms with Gasteiger partial charge in [0.15, 0.2) is 5.82 Å². The largest absolute Gasteiger partial charge is 0.368 e. The van der Waals surface area contributed by atoms with Crippen molar-refractivity contribution in [3.63, 3.8) is 0 Å². The second kappa shape index (κ2) is 6.84. The topological polar surface area (TPSA) is 138 Å². The van der Waals surface area contributed by atoms with Gasteiger partial charge in [0.1, 0.15) is 5.41 Å². The molecule has 0 amide bonds. The highest BCUT2D eigenvalue weighted by Crippen LogP contribution is 2.46. The molecule has 0 unspecified atom stereocenters. The number of nitrogens with zero attached hydrogens (tertiary/aromatic N) is 7. The predicted molar refractivity (Wildman–Crippen MR) is 108 cm³/mol. The number of nitro groups is 1. The summed E-state index contributed by atoms with van der Waals surface area (Å²) in [5.41, 5.74) is 6.59. The molecule has 0 radical (unpaired) electrons. The lowest BCUT2D eigenvalue weighted by molar-refractivity contribution is -0.384. The van der Waals surface area contributed by atoms with Crippen molar-refractivity contribution in [2.24, 2.45) is 0 Å². The molecular weight excluding hydrogens is 372 g/mol. The molecule has 1 aromatic heterocycles. The summed E-state index contributed by atoms with van der Waals surface area (Å²) in [5, 5.41) is 21.7. The summed E-state index contributed by atoms with van der Waals surface area (Å²) in [6.45, 7) is 0.778. The second-order valence-corrected chi connectivity index (χ2v) is 7.75. The molecule has 2 atom stereocenters. The van der Waals surface area contributed by atoms with Crippen molar-refractivity contribution < 1.29 is 4.92 Å². The molecule has 2 N–H and O–H groups in total. The summed E-state index contributed by atoms with van der Waals surface area (Å²) in [6.07, 6.45) is 3.09. The van der Waals surface area contributed by atoms with Gasteiger partial charge in [-0.25, -0.2) is 0 Å². The van der Waals surface area contributed by atoms with Crippen molar-refractivity contribution >= 4 is 23.3 Å². The Morgan fingerprint density at radius 2 is 2.14 bits per heavy atom. The first kappa shape index (κ1) is 18.9. The van der Waals surface area contributed by atoms with E-state index in [0.717, 1.165) is 37.1 Å². The highest BCUT2D eigenvalue weighted by Gasteiger charge is 2.51. The number of anilines is 3. The summed E-state index contributed by atoms with van der Waals surface area (Å²) in [5.74, 6) is 0.764. The zero-order valence-corrected chi connectivity index (χ0v) is 16.4. The van der Waals surface area contributed by atoms with Crippen LogP contribution in [0, 0.1) is 21.4 Å². The first-order valence-electron chi connectivity index (χ1n) is 9.50. The first-order chi connectivity index (χ1) is 13.9. The first-order valence-corrected chi connectivity index (χ1v) is 9.50. The van der Waals surface area contributed by atoms with E-state index >= 15 is 0 Å². The van der Waals surface area contributed by atoms with Crippen molar-refractivity contribution in [2.75, 3.05) is 36.2 Å². The Morgan fingerprint density at radius 3 is 2.83 bits per heavy atom. The van der Waals surface area contributed by atoms with Gasteiger partial charge in [0.05, 0.1) is 17.0 Å². The molecule has 1 aromatic carbocycles. The fraction of sp³-hybridized carbons (Fsp3) is 0.474. The van der Waals surface area contributed by atoms with Gasteiger partial charge in [0, 0.05) is 44.9 Å². The lowest BCUT2D eigenvalue weighted by Crippen LogP contribution is -2.57. The van der Waals surface area contributed by atoms with Crippen molar-refractivity contribution in [3.8, 4) is 6.07 Å². The summed E-state index contributed by atoms with van der Waals surface area (Å²) in [7, 11) is 3.59. The number of nitro benzene ring substituents is 1. The van der Waals surface area contributed by atoms with Gasteiger partial charge in [-0.05, 0) is 30.9 Å². The fourth-order valence-electron chi connectivity index (χ4n) is 4.43. The maximum Gasteiger partial charge on any atom is 0.269 e. The van der Waals surface area contributed by atoms with Crippen LogP contribution in [0.2, 0.25) is 0 Å². The number of piperidine rings is 1. The molecule has 2 aliphatic rings. The van der Waals surface area contributed by atoms with Gasteiger partial charge in [0.25, 0.3) is 5.69 Å². The third-order valence-electron chi connectivity index (χ3n) is 5.76. The Morgan fingerprint density at radius 1 is 1.34 bits per heavy atom. The highest BCUT2D eigenvalue weighted by atomic mass is 16.6. The fourth-order valence-corrected chi connectivity index (χ4v) is 4.43. The molecule has 0 aliphatic carbocycles. The number of non-ortho nitro benzene ring substituents is 1. The van der Waals surface area contributed by atoms with E-state index in [9.17, 15) is 15.4 Å². The van der Waals surface area contributed by atoms with Crippen LogP contribution in [0.25, 0.3) is 0 Å². The number of rotatable bonds is 3. The maximum atomic E-state index is 11.3. The van der Waals surface area contributed by atoms with Crippen LogP contribution in [-0.4, -0.2) is 46.6 Å². The van der Waals surface area contributed by atoms with Crippen LogP contribution in [0.15, 0.2) is 18.2 Å². The van der Waals surface area contributed by atoms with Gasteiger partial charge in [0.2, 0.25) is 11.9 Å². The molecule has 10 heteroatoms. The summed E-state index contributed by atoms with van der Waals surface area (Å²) >= 11 is 0. The number of hydrogen-bond acceptors (Lipinski definition) is 9. The Bertz CT molecular complexity index is 1020. The Kier molecular flexibility index (Phi) is 4.45. The number of fused-ring (bicyclic) bond motifs is 3. The molecule has 2 aromatic rings. The SMILES string of the molecule is CN(C)c1nc(N)nc([C@@]2(C#N)Cc3cc([N+](=O)[O-])ccc3N3CCCC[C@@H]32)n1. The molecule has 1 saturated heterocycles. The number of nitrogens with two attached hydrogens (primary N) is 1. The summed E-state index contributed by atoms with van der Waals surface area (Å²) in [4.78, 5) is 27.9. The molecule has 0 spiro atoms.